The van der Waals surface area contributed by atoms with Gasteiger partial charge < -0.3 is 5.11 Å². The molecule has 1 heterocycles. The van der Waals surface area contributed by atoms with Crippen LogP contribution in [0.15, 0.2) is 35.6 Å². The summed E-state index contributed by atoms with van der Waals surface area (Å²) in [6.45, 7) is 0. The van der Waals surface area contributed by atoms with E-state index in [1.165, 1.54) is 12.1 Å². The van der Waals surface area contributed by atoms with Crippen LogP contribution in [0.1, 0.15) is 16.1 Å². The topological polar surface area (TPSA) is 97.2 Å². The zero-order valence-electron chi connectivity index (χ0n) is 10.3. The lowest BCUT2D eigenvalue weighted by Gasteiger charge is -2.05. The molecule has 6 nitrogen and oxygen atoms in total. The van der Waals surface area contributed by atoms with Crippen LogP contribution in [0.4, 0.5) is 4.39 Å². The number of sulfone groups is 1. The molecule has 0 saturated heterocycles. The second kappa shape index (κ2) is 5.74. The van der Waals surface area contributed by atoms with Crippen LogP contribution in [0.25, 0.3) is 0 Å². The number of carboxylic acid groups (broad SMARTS) is 1. The Kier molecular flexibility index (Phi) is 4.19. The van der Waals surface area contributed by atoms with Gasteiger partial charge in [-0.3, -0.25) is 0 Å². The number of aromatic nitrogens is 2. The third kappa shape index (κ3) is 3.53. The Morgan fingerprint density at radius 1 is 1.29 bits per heavy atom. The Balaban J connectivity index is 2.38. The fraction of sp³-hybridized carbons (Fsp3) is 0.0833. The van der Waals surface area contributed by atoms with E-state index in [0.717, 1.165) is 18.3 Å². The summed E-state index contributed by atoms with van der Waals surface area (Å²) in [7, 11) is -3.97. The van der Waals surface area contributed by atoms with Crippen LogP contribution in [0.5, 0.6) is 0 Å². The van der Waals surface area contributed by atoms with Crippen molar-refractivity contribution in [3.8, 4) is 0 Å². The highest BCUT2D eigenvalue weighted by molar-refractivity contribution is 7.90. The van der Waals surface area contributed by atoms with Gasteiger partial charge in [-0.15, -0.1) is 0 Å². The van der Waals surface area contributed by atoms with E-state index in [0.29, 0.717) is 5.56 Å². The van der Waals surface area contributed by atoms with Crippen molar-refractivity contribution >= 4 is 27.4 Å². The van der Waals surface area contributed by atoms with E-state index in [4.69, 9.17) is 16.7 Å². The van der Waals surface area contributed by atoms with E-state index < -0.39 is 38.2 Å². The summed E-state index contributed by atoms with van der Waals surface area (Å²) in [6, 6.07) is 4.86. The average Bonchev–Trinajstić information content (AvgIpc) is 2.41. The monoisotopic (exact) mass is 330 g/mol. The molecule has 0 unspecified atom stereocenters. The lowest BCUT2D eigenvalue weighted by atomic mass is 10.2. The van der Waals surface area contributed by atoms with Crippen LogP contribution in [0.3, 0.4) is 0 Å². The van der Waals surface area contributed by atoms with Crippen LogP contribution in [0, 0.1) is 5.82 Å². The zero-order chi connectivity index (χ0) is 15.6. The second-order valence-electron chi connectivity index (χ2n) is 4.04. The van der Waals surface area contributed by atoms with Gasteiger partial charge in [0.05, 0.1) is 17.0 Å². The highest BCUT2D eigenvalue weighted by Crippen LogP contribution is 2.17. The number of carbonyl (C=O) groups is 1. The van der Waals surface area contributed by atoms with Crippen molar-refractivity contribution in [2.45, 2.75) is 10.9 Å². The Morgan fingerprint density at radius 2 is 1.90 bits per heavy atom. The molecule has 110 valence electrons. The zero-order valence-corrected chi connectivity index (χ0v) is 11.9. The quantitative estimate of drug-likeness (QED) is 0.860. The molecule has 0 radical (unpaired) electrons. The van der Waals surface area contributed by atoms with E-state index in [-0.39, 0.29) is 5.02 Å². The predicted octanol–water partition coefficient (Wildman–Crippen LogP) is 1.94. The Hall–Kier alpha value is -2.06. The van der Waals surface area contributed by atoms with E-state index >= 15 is 0 Å². The number of rotatable bonds is 4. The average molecular weight is 331 g/mol. The first-order chi connectivity index (χ1) is 9.79. The molecular formula is C12H8ClFN2O4S. The molecule has 0 fully saturated rings. The maximum Gasteiger partial charge on any atom is 0.356 e. The molecule has 1 aromatic heterocycles. The lowest BCUT2D eigenvalue weighted by molar-refractivity contribution is 0.0689. The molecule has 2 aromatic rings. The molecule has 2 rings (SSSR count). The summed E-state index contributed by atoms with van der Waals surface area (Å²) in [5.74, 6) is -2.43. The van der Waals surface area contributed by atoms with Gasteiger partial charge in [-0.25, -0.2) is 27.6 Å². The standard InChI is InChI=1S/C12H8ClFN2O4S/c13-9-5-15-12(16-10(9)11(17)18)21(19,20)6-7-1-3-8(14)4-2-7/h1-5H,6H2,(H,17,18). The molecule has 21 heavy (non-hydrogen) atoms. The van der Waals surface area contributed by atoms with Gasteiger partial charge in [-0.05, 0) is 17.7 Å². The number of nitrogens with zero attached hydrogens (tertiary/aromatic N) is 2. The van der Waals surface area contributed by atoms with Gasteiger partial charge in [-0.2, -0.15) is 0 Å². The molecule has 1 N–H and O–H groups in total. The van der Waals surface area contributed by atoms with Gasteiger partial charge in [-0.1, -0.05) is 23.7 Å². The summed E-state index contributed by atoms with van der Waals surface area (Å²) < 4.78 is 37.0. The maximum atomic E-state index is 12.8. The normalized spacial score (nSPS) is 11.3. The number of carboxylic acids is 1. The van der Waals surface area contributed by atoms with Crippen molar-refractivity contribution in [2.24, 2.45) is 0 Å². The van der Waals surface area contributed by atoms with Crippen LogP contribution in [-0.4, -0.2) is 29.5 Å². The smallest absolute Gasteiger partial charge is 0.356 e. The molecule has 0 saturated carbocycles. The second-order valence-corrected chi connectivity index (χ2v) is 6.33. The minimum atomic E-state index is -3.97. The predicted molar refractivity (Wildman–Crippen MR) is 71.3 cm³/mol. The van der Waals surface area contributed by atoms with Crippen LogP contribution in [-0.2, 0) is 15.6 Å². The van der Waals surface area contributed by atoms with E-state index in [2.05, 4.69) is 9.97 Å². The first-order valence-corrected chi connectivity index (χ1v) is 7.55. The largest absolute Gasteiger partial charge is 0.476 e. The number of halogens is 2. The van der Waals surface area contributed by atoms with Crippen LogP contribution in [0.2, 0.25) is 5.02 Å². The number of aromatic carboxylic acids is 1. The minimum absolute atomic E-state index is 0.261. The number of hydrogen-bond acceptors (Lipinski definition) is 5. The fourth-order valence-corrected chi connectivity index (χ4v) is 2.89. The number of hydrogen-bond donors (Lipinski definition) is 1. The van der Waals surface area contributed by atoms with Crippen molar-refractivity contribution in [3.63, 3.8) is 0 Å². The lowest BCUT2D eigenvalue weighted by Crippen LogP contribution is -2.13. The summed E-state index contributed by atoms with van der Waals surface area (Å²) in [6.07, 6.45) is 0.912. The highest BCUT2D eigenvalue weighted by Gasteiger charge is 2.22. The molecule has 0 bridgehead atoms. The third-order valence-corrected chi connectivity index (χ3v) is 4.22. The van der Waals surface area contributed by atoms with E-state index in [1.54, 1.807) is 0 Å². The molecular weight excluding hydrogens is 323 g/mol. The first kappa shape index (κ1) is 15.3. The van der Waals surface area contributed by atoms with Gasteiger partial charge >= 0.3 is 5.97 Å². The molecule has 0 aliphatic heterocycles. The van der Waals surface area contributed by atoms with Crippen LogP contribution >= 0.6 is 11.6 Å². The van der Waals surface area contributed by atoms with Gasteiger partial charge in [0, 0.05) is 0 Å². The van der Waals surface area contributed by atoms with Gasteiger partial charge in [0.2, 0.25) is 15.0 Å². The molecule has 0 aliphatic carbocycles. The third-order valence-electron chi connectivity index (χ3n) is 2.47. The minimum Gasteiger partial charge on any atom is -0.476 e. The Labute approximate surface area is 124 Å². The maximum absolute atomic E-state index is 12.8. The molecule has 0 amide bonds. The molecule has 0 spiro atoms. The van der Waals surface area contributed by atoms with Crippen LogP contribution < -0.4 is 0 Å². The summed E-state index contributed by atoms with van der Waals surface area (Å²) >= 11 is 5.58. The summed E-state index contributed by atoms with van der Waals surface area (Å²) in [5.41, 5.74) is -0.267. The van der Waals surface area contributed by atoms with E-state index in [9.17, 15) is 17.6 Å². The first-order valence-electron chi connectivity index (χ1n) is 5.52. The van der Waals surface area contributed by atoms with Crippen molar-refractivity contribution in [3.05, 3.63) is 52.6 Å². The molecule has 0 atom stereocenters. The van der Waals surface area contributed by atoms with Crippen molar-refractivity contribution in [1.29, 1.82) is 0 Å². The van der Waals surface area contributed by atoms with Gasteiger partial charge in [0.15, 0.2) is 5.69 Å². The molecule has 9 heteroatoms. The SMILES string of the molecule is O=C(O)c1nc(S(=O)(=O)Cc2ccc(F)cc2)ncc1Cl. The molecule has 1 aromatic carbocycles. The highest BCUT2D eigenvalue weighted by atomic mass is 35.5. The fourth-order valence-electron chi connectivity index (χ4n) is 1.52. The summed E-state index contributed by atoms with van der Waals surface area (Å²) in [5, 5.41) is 7.96. The van der Waals surface area contributed by atoms with Gasteiger partial charge in [0.25, 0.3) is 0 Å². The Bertz CT molecular complexity index is 793. The molecule has 0 aliphatic rings. The van der Waals surface area contributed by atoms with Crippen molar-refractivity contribution in [2.75, 3.05) is 0 Å². The Morgan fingerprint density at radius 3 is 2.48 bits per heavy atom. The van der Waals surface area contributed by atoms with Crippen molar-refractivity contribution < 1.29 is 22.7 Å². The number of benzene rings is 1. The van der Waals surface area contributed by atoms with Gasteiger partial charge in [0.1, 0.15) is 5.82 Å². The summed E-state index contributed by atoms with van der Waals surface area (Å²) in [4.78, 5) is 17.9. The van der Waals surface area contributed by atoms with E-state index in [1.807, 2.05) is 0 Å². The van der Waals surface area contributed by atoms with Crippen molar-refractivity contribution in [1.82, 2.24) is 9.97 Å².